The van der Waals surface area contributed by atoms with Gasteiger partial charge in [-0.1, -0.05) is 30.3 Å². The Balaban J connectivity index is 0.00000225. The van der Waals surface area contributed by atoms with Crippen LogP contribution in [-0.4, -0.2) is 22.7 Å². The summed E-state index contributed by atoms with van der Waals surface area (Å²) < 4.78 is 19.1. The van der Waals surface area contributed by atoms with Crippen molar-refractivity contribution in [2.24, 2.45) is 0 Å². The van der Waals surface area contributed by atoms with Crippen molar-refractivity contribution < 1.29 is 14.2 Å². The van der Waals surface area contributed by atoms with Crippen molar-refractivity contribution in [3.05, 3.63) is 83.9 Å². The van der Waals surface area contributed by atoms with E-state index in [9.17, 15) is 9.50 Å². The van der Waals surface area contributed by atoms with E-state index in [2.05, 4.69) is 10.3 Å². The molecule has 2 atom stereocenters. The lowest BCUT2D eigenvalue weighted by molar-refractivity contribution is 0.0657. The molecule has 0 saturated heterocycles. The highest BCUT2D eigenvalue weighted by molar-refractivity contribution is 5.85. The lowest BCUT2D eigenvalue weighted by Gasteiger charge is -2.29. The molecule has 2 heterocycles. The fraction of sp³-hybridized carbons (Fsp3) is 0.227. The summed E-state index contributed by atoms with van der Waals surface area (Å²) in [5, 5.41) is 13.7. The van der Waals surface area contributed by atoms with Gasteiger partial charge in [-0.25, -0.2) is 4.39 Å². The normalized spacial score (nSPS) is 17.9. The number of nitrogens with one attached hydrogen (secondary N) is 1. The van der Waals surface area contributed by atoms with Gasteiger partial charge in [0, 0.05) is 43.0 Å². The van der Waals surface area contributed by atoms with Crippen LogP contribution in [0.25, 0.3) is 11.1 Å². The van der Waals surface area contributed by atoms with Gasteiger partial charge in [-0.3, -0.25) is 4.98 Å². The Morgan fingerprint density at radius 3 is 2.68 bits per heavy atom. The van der Waals surface area contributed by atoms with E-state index in [1.54, 1.807) is 18.3 Å². The predicted molar refractivity (Wildman–Crippen MR) is 109 cm³/mol. The molecule has 0 amide bonds. The molecule has 1 aliphatic rings. The second kappa shape index (κ2) is 9.15. The molecule has 1 aromatic heterocycles. The first kappa shape index (κ1) is 20.3. The highest BCUT2D eigenvalue weighted by atomic mass is 35.5. The van der Waals surface area contributed by atoms with Crippen LogP contribution in [-0.2, 0) is 6.54 Å². The molecule has 0 aliphatic carbocycles. The van der Waals surface area contributed by atoms with E-state index in [1.807, 2.05) is 36.5 Å². The van der Waals surface area contributed by atoms with Gasteiger partial charge in [0.2, 0.25) is 0 Å². The van der Waals surface area contributed by atoms with Gasteiger partial charge >= 0.3 is 0 Å². The second-order valence-electron chi connectivity index (χ2n) is 6.75. The van der Waals surface area contributed by atoms with Crippen LogP contribution in [0.4, 0.5) is 4.39 Å². The molecule has 2 unspecified atom stereocenters. The maximum atomic E-state index is 13.1. The van der Waals surface area contributed by atoms with Crippen molar-refractivity contribution in [1.29, 1.82) is 0 Å². The third-order valence-electron chi connectivity index (χ3n) is 4.73. The highest BCUT2D eigenvalue weighted by Gasteiger charge is 2.26. The van der Waals surface area contributed by atoms with E-state index in [0.29, 0.717) is 19.5 Å². The zero-order chi connectivity index (χ0) is 18.6. The van der Waals surface area contributed by atoms with Gasteiger partial charge in [-0.2, -0.15) is 0 Å². The number of pyridine rings is 1. The first-order valence-electron chi connectivity index (χ1n) is 9.03. The lowest BCUT2D eigenvalue weighted by Crippen LogP contribution is -2.35. The summed E-state index contributed by atoms with van der Waals surface area (Å²) in [5.41, 5.74) is 3.77. The van der Waals surface area contributed by atoms with Gasteiger partial charge < -0.3 is 15.2 Å². The van der Waals surface area contributed by atoms with Crippen molar-refractivity contribution in [1.82, 2.24) is 10.3 Å². The maximum absolute atomic E-state index is 13.1. The Labute approximate surface area is 169 Å². The van der Waals surface area contributed by atoms with E-state index in [-0.39, 0.29) is 24.3 Å². The van der Waals surface area contributed by atoms with Gasteiger partial charge in [-0.05, 0) is 35.4 Å². The summed E-state index contributed by atoms with van der Waals surface area (Å²) in [6.07, 6.45) is 3.58. The number of hydrogen-bond acceptors (Lipinski definition) is 4. The van der Waals surface area contributed by atoms with Gasteiger partial charge in [0.05, 0.1) is 6.10 Å². The van der Waals surface area contributed by atoms with Crippen molar-refractivity contribution >= 4 is 12.4 Å². The number of para-hydroxylation sites is 1. The minimum atomic E-state index is -0.495. The molecule has 0 fully saturated rings. The zero-order valence-corrected chi connectivity index (χ0v) is 16.0. The summed E-state index contributed by atoms with van der Waals surface area (Å²) in [7, 11) is 0. The Hall–Kier alpha value is -2.47. The monoisotopic (exact) mass is 400 g/mol. The average molecular weight is 401 g/mol. The molecule has 2 aromatic carbocycles. The molecule has 0 spiro atoms. The number of halogens is 2. The Morgan fingerprint density at radius 2 is 1.86 bits per heavy atom. The number of rotatable bonds is 5. The van der Waals surface area contributed by atoms with E-state index in [1.165, 1.54) is 12.1 Å². The third-order valence-corrected chi connectivity index (χ3v) is 4.73. The Kier molecular flexibility index (Phi) is 6.62. The SMILES string of the molecule is Cl.OC1CC(CNCc2cncc(-c3ccc(F)cc3)c2)Oc2ccccc21. The molecule has 146 valence electrons. The molecular formula is C22H22ClFN2O2. The van der Waals surface area contributed by atoms with E-state index in [4.69, 9.17) is 4.74 Å². The van der Waals surface area contributed by atoms with Crippen molar-refractivity contribution in [2.45, 2.75) is 25.2 Å². The average Bonchev–Trinajstić information content (AvgIpc) is 2.69. The molecule has 4 nitrogen and oxygen atoms in total. The molecule has 0 radical (unpaired) electrons. The maximum Gasteiger partial charge on any atom is 0.125 e. The van der Waals surface area contributed by atoms with Crippen LogP contribution in [0.1, 0.15) is 23.7 Å². The van der Waals surface area contributed by atoms with Crippen LogP contribution in [0, 0.1) is 5.82 Å². The lowest BCUT2D eigenvalue weighted by atomic mass is 9.99. The van der Waals surface area contributed by atoms with Crippen LogP contribution in [0.15, 0.2) is 67.0 Å². The number of benzene rings is 2. The molecule has 0 saturated carbocycles. The topological polar surface area (TPSA) is 54.4 Å². The number of hydrogen-bond donors (Lipinski definition) is 2. The van der Waals surface area contributed by atoms with Gasteiger partial charge in [0.15, 0.2) is 0 Å². The van der Waals surface area contributed by atoms with Crippen LogP contribution < -0.4 is 10.1 Å². The van der Waals surface area contributed by atoms with E-state index < -0.39 is 6.10 Å². The van der Waals surface area contributed by atoms with Crippen LogP contribution in [0.3, 0.4) is 0 Å². The number of fused-ring (bicyclic) bond motifs is 1. The smallest absolute Gasteiger partial charge is 0.125 e. The largest absolute Gasteiger partial charge is 0.489 e. The molecule has 28 heavy (non-hydrogen) atoms. The number of aliphatic hydroxyl groups excluding tert-OH is 1. The molecule has 2 N–H and O–H groups in total. The molecule has 0 bridgehead atoms. The summed E-state index contributed by atoms with van der Waals surface area (Å²) in [5.74, 6) is 0.504. The summed E-state index contributed by atoms with van der Waals surface area (Å²) in [6.45, 7) is 1.27. The predicted octanol–water partition coefficient (Wildman–Crippen LogP) is 4.28. The number of ether oxygens (including phenoxy) is 1. The number of aromatic nitrogens is 1. The molecule has 1 aliphatic heterocycles. The van der Waals surface area contributed by atoms with Crippen molar-refractivity contribution in [2.75, 3.05) is 6.54 Å². The summed E-state index contributed by atoms with van der Waals surface area (Å²) in [4.78, 5) is 4.29. The Morgan fingerprint density at radius 1 is 1.07 bits per heavy atom. The minimum Gasteiger partial charge on any atom is -0.489 e. The van der Waals surface area contributed by atoms with Crippen molar-refractivity contribution in [3.63, 3.8) is 0 Å². The second-order valence-corrected chi connectivity index (χ2v) is 6.75. The van der Waals surface area contributed by atoms with Crippen LogP contribution >= 0.6 is 12.4 Å². The molecule has 6 heteroatoms. The van der Waals surface area contributed by atoms with Gasteiger partial charge in [0.25, 0.3) is 0 Å². The van der Waals surface area contributed by atoms with Gasteiger partial charge in [-0.15, -0.1) is 12.4 Å². The molecule has 4 rings (SSSR count). The van der Waals surface area contributed by atoms with Crippen molar-refractivity contribution in [3.8, 4) is 16.9 Å². The van der Waals surface area contributed by atoms with Crippen LogP contribution in [0.5, 0.6) is 5.75 Å². The first-order chi connectivity index (χ1) is 13.2. The number of aliphatic hydroxyl groups is 1. The van der Waals surface area contributed by atoms with Crippen LogP contribution in [0.2, 0.25) is 0 Å². The summed E-state index contributed by atoms with van der Waals surface area (Å²) in [6, 6.07) is 16.0. The first-order valence-corrected chi connectivity index (χ1v) is 9.03. The summed E-state index contributed by atoms with van der Waals surface area (Å²) >= 11 is 0. The standard InChI is InChI=1S/C22H21FN2O2.ClH/c23-18-7-5-16(6-8-18)17-9-15(11-24-13-17)12-25-14-19-10-21(26)20-3-1-2-4-22(20)27-19;/h1-9,11,13,19,21,25-26H,10,12,14H2;1H. The van der Waals surface area contributed by atoms with Gasteiger partial charge in [0.1, 0.15) is 17.7 Å². The fourth-order valence-corrected chi connectivity index (χ4v) is 3.35. The quantitative estimate of drug-likeness (QED) is 0.671. The Bertz CT molecular complexity index is 920. The fourth-order valence-electron chi connectivity index (χ4n) is 3.35. The minimum absolute atomic E-state index is 0. The number of nitrogens with zero attached hydrogens (tertiary/aromatic N) is 1. The van der Waals surface area contributed by atoms with E-state index >= 15 is 0 Å². The third kappa shape index (κ3) is 4.68. The highest BCUT2D eigenvalue weighted by Crippen LogP contribution is 2.34. The molecular weight excluding hydrogens is 379 g/mol. The molecule has 3 aromatic rings. The van der Waals surface area contributed by atoms with E-state index in [0.717, 1.165) is 28.0 Å². The zero-order valence-electron chi connectivity index (χ0n) is 15.2.